The molecule has 2 nitrogen and oxygen atoms in total. The van der Waals surface area contributed by atoms with Gasteiger partial charge in [0.05, 0.1) is 6.10 Å². The Morgan fingerprint density at radius 3 is 2.76 bits per heavy atom. The summed E-state index contributed by atoms with van der Waals surface area (Å²) in [4.78, 5) is 0. The average molecular weight is 236 g/mol. The van der Waals surface area contributed by atoms with Crippen molar-refractivity contribution in [3.05, 3.63) is 29.6 Å². The normalized spacial score (nSPS) is 26.4. The maximum absolute atomic E-state index is 13.1. The molecule has 1 aliphatic heterocycles. The van der Waals surface area contributed by atoms with Gasteiger partial charge in [0, 0.05) is 12.0 Å². The summed E-state index contributed by atoms with van der Waals surface area (Å²) in [6.07, 6.45) is 5.57. The van der Waals surface area contributed by atoms with Crippen molar-refractivity contribution in [2.24, 2.45) is 0 Å². The lowest BCUT2D eigenvalue weighted by molar-refractivity contribution is -0.0383. The number of hydrogen-bond donors (Lipinski definition) is 1. The number of halogens is 1. The van der Waals surface area contributed by atoms with Crippen LogP contribution in [0.5, 0.6) is 5.75 Å². The molecule has 1 aliphatic carbocycles. The molecule has 1 aromatic carbocycles. The molecule has 0 unspecified atom stereocenters. The van der Waals surface area contributed by atoms with Crippen LogP contribution < -0.4 is 4.74 Å². The Balaban J connectivity index is 1.94. The first-order chi connectivity index (χ1) is 8.19. The molecule has 0 bridgehead atoms. The number of fused-ring (bicyclic) bond motifs is 1. The highest BCUT2D eigenvalue weighted by Gasteiger charge is 2.41. The van der Waals surface area contributed by atoms with E-state index in [9.17, 15) is 9.50 Å². The van der Waals surface area contributed by atoms with Crippen LogP contribution in [0.2, 0.25) is 0 Å². The van der Waals surface area contributed by atoms with Gasteiger partial charge in [-0.05, 0) is 43.9 Å². The van der Waals surface area contributed by atoms with E-state index < -0.39 is 6.10 Å². The molecule has 3 heteroatoms. The summed E-state index contributed by atoms with van der Waals surface area (Å²) < 4.78 is 19.2. The van der Waals surface area contributed by atoms with Crippen LogP contribution in [0.4, 0.5) is 4.39 Å². The summed E-state index contributed by atoms with van der Waals surface area (Å²) in [6, 6.07) is 4.42. The molecule has 0 amide bonds. The SMILES string of the molecule is O[C@@H]1CC2(CCCCC2)Oc2ccc(F)cc21. The molecule has 1 spiro atoms. The molecule has 17 heavy (non-hydrogen) atoms. The highest BCUT2D eigenvalue weighted by Crippen LogP contribution is 2.46. The first-order valence-electron chi connectivity index (χ1n) is 6.35. The largest absolute Gasteiger partial charge is 0.487 e. The molecule has 1 aromatic rings. The van der Waals surface area contributed by atoms with E-state index in [1.165, 1.54) is 18.6 Å². The van der Waals surface area contributed by atoms with Crippen molar-refractivity contribution in [3.8, 4) is 5.75 Å². The van der Waals surface area contributed by atoms with Gasteiger partial charge in [-0.2, -0.15) is 0 Å². The summed E-state index contributed by atoms with van der Waals surface area (Å²) in [5.74, 6) is 0.345. The maximum Gasteiger partial charge on any atom is 0.126 e. The molecule has 1 heterocycles. The van der Waals surface area contributed by atoms with Gasteiger partial charge in [0.15, 0.2) is 0 Å². The first-order valence-corrected chi connectivity index (χ1v) is 6.35. The van der Waals surface area contributed by atoms with Crippen LogP contribution in [0.15, 0.2) is 18.2 Å². The van der Waals surface area contributed by atoms with Gasteiger partial charge >= 0.3 is 0 Å². The van der Waals surface area contributed by atoms with E-state index in [2.05, 4.69) is 0 Å². The fourth-order valence-corrected chi connectivity index (χ4v) is 3.11. The van der Waals surface area contributed by atoms with E-state index in [-0.39, 0.29) is 11.4 Å². The average Bonchev–Trinajstić information content (AvgIpc) is 2.31. The quantitative estimate of drug-likeness (QED) is 0.748. The third-order valence-corrected chi connectivity index (χ3v) is 3.99. The maximum atomic E-state index is 13.1. The molecule has 3 rings (SSSR count). The van der Waals surface area contributed by atoms with Gasteiger partial charge in [0.25, 0.3) is 0 Å². The zero-order chi connectivity index (χ0) is 11.9. The molecule has 1 fully saturated rings. The van der Waals surface area contributed by atoms with Gasteiger partial charge in [-0.25, -0.2) is 4.39 Å². The Labute approximate surface area is 100 Å². The van der Waals surface area contributed by atoms with E-state index in [1.54, 1.807) is 6.07 Å². The lowest BCUT2D eigenvalue weighted by Gasteiger charge is -2.43. The number of ether oxygens (including phenoxy) is 1. The second kappa shape index (κ2) is 3.98. The Morgan fingerprint density at radius 1 is 1.24 bits per heavy atom. The predicted octanol–water partition coefficient (Wildman–Crippen LogP) is 3.34. The molecular weight excluding hydrogens is 219 g/mol. The van der Waals surface area contributed by atoms with Gasteiger partial charge < -0.3 is 9.84 Å². The molecule has 1 atom stereocenters. The summed E-state index contributed by atoms with van der Waals surface area (Å²) >= 11 is 0. The highest BCUT2D eigenvalue weighted by molar-refractivity contribution is 5.38. The third kappa shape index (κ3) is 1.93. The summed E-state index contributed by atoms with van der Waals surface area (Å²) in [7, 11) is 0. The zero-order valence-electron chi connectivity index (χ0n) is 9.79. The second-order valence-electron chi connectivity index (χ2n) is 5.25. The first kappa shape index (κ1) is 11.0. The van der Waals surface area contributed by atoms with Crippen molar-refractivity contribution >= 4 is 0 Å². The van der Waals surface area contributed by atoms with E-state index in [0.29, 0.717) is 17.7 Å². The Morgan fingerprint density at radius 2 is 2.00 bits per heavy atom. The number of aliphatic hydroxyl groups is 1. The lowest BCUT2D eigenvalue weighted by Crippen LogP contribution is -2.42. The molecule has 1 saturated carbocycles. The fraction of sp³-hybridized carbons (Fsp3) is 0.571. The van der Waals surface area contributed by atoms with Crippen molar-refractivity contribution in [2.45, 2.75) is 50.2 Å². The number of rotatable bonds is 0. The minimum Gasteiger partial charge on any atom is -0.487 e. The van der Waals surface area contributed by atoms with Gasteiger partial charge in [-0.3, -0.25) is 0 Å². The molecule has 1 N–H and O–H groups in total. The lowest BCUT2D eigenvalue weighted by atomic mass is 9.78. The molecule has 0 saturated heterocycles. The summed E-state index contributed by atoms with van der Waals surface area (Å²) in [5.41, 5.74) is 0.392. The Bertz CT molecular complexity index is 424. The van der Waals surface area contributed by atoms with E-state index in [1.807, 2.05) is 0 Å². The Hall–Kier alpha value is -1.09. The minimum absolute atomic E-state index is 0.206. The fourth-order valence-electron chi connectivity index (χ4n) is 3.11. The van der Waals surface area contributed by atoms with Crippen LogP contribution in [0.25, 0.3) is 0 Å². The monoisotopic (exact) mass is 236 g/mol. The number of benzene rings is 1. The van der Waals surface area contributed by atoms with Gasteiger partial charge in [0.2, 0.25) is 0 Å². The van der Waals surface area contributed by atoms with E-state index >= 15 is 0 Å². The summed E-state index contributed by atoms with van der Waals surface area (Å²) in [6.45, 7) is 0. The molecule has 0 radical (unpaired) electrons. The van der Waals surface area contributed by atoms with Crippen LogP contribution in [-0.4, -0.2) is 10.7 Å². The summed E-state index contributed by atoms with van der Waals surface area (Å²) in [5, 5.41) is 10.2. The molecule has 92 valence electrons. The second-order valence-corrected chi connectivity index (χ2v) is 5.25. The van der Waals surface area contributed by atoms with E-state index in [4.69, 9.17) is 4.74 Å². The van der Waals surface area contributed by atoms with Crippen molar-refractivity contribution in [1.82, 2.24) is 0 Å². The van der Waals surface area contributed by atoms with Crippen molar-refractivity contribution in [1.29, 1.82) is 0 Å². The van der Waals surface area contributed by atoms with E-state index in [0.717, 1.165) is 25.7 Å². The third-order valence-electron chi connectivity index (χ3n) is 3.99. The van der Waals surface area contributed by atoms with Crippen LogP contribution in [0.3, 0.4) is 0 Å². The molecule has 0 aromatic heterocycles. The molecular formula is C14H17FO2. The van der Waals surface area contributed by atoms with Crippen LogP contribution in [0, 0.1) is 5.82 Å². The highest BCUT2D eigenvalue weighted by atomic mass is 19.1. The number of hydrogen-bond acceptors (Lipinski definition) is 2. The van der Waals surface area contributed by atoms with Gasteiger partial charge in [-0.15, -0.1) is 0 Å². The van der Waals surface area contributed by atoms with Crippen LogP contribution >= 0.6 is 0 Å². The standard InChI is InChI=1S/C14H17FO2/c15-10-4-5-13-11(8-10)12(16)9-14(17-13)6-2-1-3-7-14/h4-5,8,12,16H,1-3,6-7,9H2/t12-/m1/s1. The smallest absolute Gasteiger partial charge is 0.126 e. The minimum atomic E-state index is -0.590. The Kier molecular flexibility index (Phi) is 2.58. The van der Waals surface area contributed by atoms with Crippen molar-refractivity contribution in [2.75, 3.05) is 0 Å². The van der Waals surface area contributed by atoms with Crippen molar-refractivity contribution in [3.63, 3.8) is 0 Å². The molecule has 2 aliphatic rings. The van der Waals surface area contributed by atoms with Gasteiger partial charge in [0.1, 0.15) is 17.2 Å². The van der Waals surface area contributed by atoms with Crippen LogP contribution in [0.1, 0.15) is 50.2 Å². The number of aliphatic hydroxyl groups excluding tert-OH is 1. The zero-order valence-corrected chi connectivity index (χ0v) is 9.79. The van der Waals surface area contributed by atoms with Crippen LogP contribution in [-0.2, 0) is 0 Å². The van der Waals surface area contributed by atoms with Gasteiger partial charge in [-0.1, -0.05) is 6.42 Å². The predicted molar refractivity (Wildman–Crippen MR) is 62.4 cm³/mol. The van der Waals surface area contributed by atoms with Crippen molar-refractivity contribution < 1.29 is 14.2 Å². The topological polar surface area (TPSA) is 29.5 Å².